The summed E-state index contributed by atoms with van der Waals surface area (Å²) in [5.74, 6) is 0.959. The van der Waals surface area contributed by atoms with E-state index in [1.165, 1.54) is 17.2 Å². The van der Waals surface area contributed by atoms with Crippen LogP contribution in [0.4, 0.5) is 13.2 Å². The van der Waals surface area contributed by atoms with E-state index < -0.39 is 33.5 Å². The number of aromatic nitrogens is 3. The molecular formula is C25H17ClF3N3O4S. The zero-order valence-corrected chi connectivity index (χ0v) is 20.7. The number of benzene rings is 2. The Labute approximate surface area is 215 Å². The van der Waals surface area contributed by atoms with Crippen LogP contribution in [0.5, 0.6) is 11.5 Å². The number of aromatic hydroxyl groups is 1. The van der Waals surface area contributed by atoms with Crippen molar-refractivity contribution in [2.75, 3.05) is 7.11 Å². The molecule has 0 unspecified atom stereocenters. The predicted octanol–water partition coefficient (Wildman–Crippen LogP) is 6.58. The lowest BCUT2D eigenvalue weighted by atomic mass is 10.0. The van der Waals surface area contributed by atoms with Gasteiger partial charge < -0.3 is 14.3 Å². The van der Waals surface area contributed by atoms with Gasteiger partial charge in [0.2, 0.25) is 0 Å². The van der Waals surface area contributed by atoms with Gasteiger partial charge in [0.05, 0.1) is 40.5 Å². The third kappa shape index (κ3) is 3.93. The van der Waals surface area contributed by atoms with Crippen molar-refractivity contribution in [2.45, 2.75) is 31.5 Å². The van der Waals surface area contributed by atoms with Gasteiger partial charge in [0, 0.05) is 10.9 Å². The molecule has 1 saturated carbocycles. The van der Waals surface area contributed by atoms with E-state index in [-0.39, 0.29) is 33.2 Å². The molecule has 1 fully saturated rings. The smallest absolute Gasteiger partial charge is 0.417 e. The number of alkyl halides is 3. The summed E-state index contributed by atoms with van der Waals surface area (Å²) in [6.45, 7) is -0.106. The monoisotopic (exact) mass is 547 g/mol. The molecule has 1 aliphatic carbocycles. The SMILES string of the molecule is COc1ccc(-c2nc3sc4c(O)c(Cl)cc(C(F)(F)F)c4c3c(=O)n2Cc2cnco2)c(C2CC2)c1. The van der Waals surface area contributed by atoms with Crippen LogP contribution >= 0.6 is 22.9 Å². The first-order valence-corrected chi connectivity index (χ1v) is 12.4. The van der Waals surface area contributed by atoms with Gasteiger partial charge in [0.25, 0.3) is 5.56 Å². The number of hydrogen-bond acceptors (Lipinski definition) is 7. The normalized spacial score (nSPS) is 14.1. The number of ether oxygens (including phenoxy) is 1. The van der Waals surface area contributed by atoms with Crippen molar-refractivity contribution in [2.24, 2.45) is 0 Å². The van der Waals surface area contributed by atoms with Gasteiger partial charge in [-0.3, -0.25) is 9.36 Å². The van der Waals surface area contributed by atoms with Gasteiger partial charge in [-0.1, -0.05) is 11.6 Å². The molecule has 0 spiro atoms. The molecule has 0 atom stereocenters. The minimum atomic E-state index is -4.82. The third-order valence-corrected chi connectivity index (χ3v) is 7.79. The van der Waals surface area contributed by atoms with E-state index in [0.29, 0.717) is 23.1 Å². The number of phenols is 1. The molecule has 12 heteroatoms. The highest BCUT2D eigenvalue weighted by Crippen LogP contribution is 2.49. The average Bonchev–Trinajstić information content (AvgIpc) is 3.44. The number of thiophene rings is 1. The molecule has 0 amide bonds. The Morgan fingerprint density at radius 1 is 1.27 bits per heavy atom. The minimum Gasteiger partial charge on any atom is -0.505 e. The molecule has 0 radical (unpaired) electrons. The van der Waals surface area contributed by atoms with Gasteiger partial charge in [-0.15, -0.1) is 11.3 Å². The zero-order chi connectivity index (χ0) is 26.1. The predicted molar refractivity (Wildman–Crippen MR) is 133 cm³/mol. The van der Waals surface area contributed by atoms with E-state index in [4.69, 9.17) is 25.7 Å². The molecule has 0 bridgehead atoms. The highest BCUT2D eigenvalue weighted by Gasteiger charge is 2.37. The van der Waals surface area contributed by atoms with E-state index in [1.54, 1.807) is 19.2 Å². The number of methoxy groups -OCH3 is 1. The van der Waals surface area contributed by atoms with Gasteiger partial charge in [0.1, 0.15) is 22.2 Å². The van der Waals surface area contributed by atoms with Crippen LogP contribution in [0.15, 0.2) is 46.1 Å². The second kappa shape index (κ2) is 8.49. The lowest BCUT2D eigenvalue weighted by Crippen LogP contribution is -2.24. The van der Waals surface area contributed by atoms with Gasteiger partial charge in [0.15, 0.2) is 12.1 Å². The van der Waals surface area contributed by atoms with E-state index in [9.17, 15) is 23.1 Å². The average molecular weight is 548 g/mol. The molecule has 3 heterocycles. The summed E-state index contributed by atoms with van der Waals surface area (Å²) >= 11 is 6.72. The van der Waals surface area contributed by atoms with Crippen molar-refractivity contribution in [1.29, 1.82) is 0 Å². The van der Waals surface area contributed by atoms with Crippen molar-refractivity contribution in [1.82, 2.24) is 14.5 Å². The fourth-order valence-electron chi connectivity index (χ4n) is 4.54. The summed E-state index contributed by atoms with van der Waals surface area (Å²) in [6.07, 6.45) is -0.275. The fraction of sp³-hybridized carbons (Fsp3) is 0.240. The summed E-state index contributed by atoms with van der Waals surface area (Å²) in [5, 5.41) is 9.39. The largest absolute Gasteiger partial charge is 0.505 e. The van der Waals surface area contributed by atoms with Crippen molar-refractivity contribution in [3.8, 4) is 22.9 Å². The topological polar surface area (TPSA) is 90.4 Å². The fourth-order valence-corrected chi connectivity index (χ4v) is 5.94. The molecule has 190 valence electrons. The summed E-state index contributed by atoms with van der Waals surface area (Å²) in [4.78, 5) is 22.6. The lowest BCUT2D eigenvalue weighted by molar-refractivity contribution is -0.136. The summed E-state index contributed by atoms with van der Waals surface area (Å²) in [5.41, 5.74) is -0.220. The summed E-state index contributed by atoms with van der Waals surface area (Å²) < 4.78 is 54.0. The van der Waals surface area contributed by atoms with Crippen LogP contribution in [0.2, 0.25) is 5.02 Å². The molecule has 37 heavy (non-hydrogen) atoms. The number of nitrogens with zero attached hydrogens (tertiary/aromatic N) is 3. The van der Waals surface area contributed by atoms with Crippen LogP contribution < -0.4 is 10.3 Å². The van der Waals surface area contributed by atoms with E-state index in [0.717, 1.165) is 29.7 Å². The van der Waals surface area contributed by atoms with Crippen LogP contribution in [-0.2, 0) is 12.7 Å². The molecule has 0 aliphatic heterocycles. The number of rotatable bonds is 5. The van der Waals surface area contributed by atoms with Crippen LogP contribution in [0.1, 0.15) is 35.6 Å². The first-order chi connectivity index (χ1) is 17.7. The lowest BCUT2D eigenvalue weighted by Gasteiger charge is -2.16. The van der Waals surface area contributed by atoms with Crippen LogP contribution in [0, 0.1) is 0 Å². The maximum absolute atomic E-state index is 14.0. The van der Waals surface area contributed by atoms with Crippen molar-refractivity contribution in [3.05, 3.63) is 69.1 Å². The van der Waals surface area contributed by atoms with Gasteiger partial charge >= 0.3 is 6.18 Å². The first kappa shape index (κ1) is 23.8. The molecule has 0 saturated heterocycles. The van der Waals surface area contributed by atoms with Gasteiger partial charge in [-0.25, -0.2) is 9.97 Å². The number of phenolic OH excluding ortho intramolecular Hbond substituents is 1. The van der Waals surface area contributed by atoms with E-state index in [1.807, 2.05) is 6.07 Å². The Morgan fingerprint density at radius 3 is 2.70 bits per heavy atom. The molecule has 6 rings (SSSR count). The molecule has 5 aromatic rings. The van der Waals surface area contributed by atoms with Crippen LogP contribution in [-0.4, -0.2) is 26.8 Å². The highest BCUT2D eigenvalue weighted by atomic mass is 35.5. The quantitative estimate of drug-likeness (QED) is 0.267. The Bertz CT molecular complexity index is 1740. The number of halogens is 4. The third-order valence-electron chi connectivity index (χ3n) is 6.41. The van der Waals surface area contributed by atoms with E-state index in [2.05, 4.69) is 4.98 Å². The molecule has 7 nitrogen and oxygen atoms in total. The Kier molecular flexibility index (Phi) is 5.46. The van der Waals surface area contributed by atoms with Crippen LogP contribution in [0.3, 0.4) is 0 Å². The van der Waals surface area contributed by atoms with E-state index >= 15 is 0 Å². The molecule has 2 aromatic carbocycles. The number of hydrogen-bond donors (Lipinski definition) is 1. The molecule has 1 N–H and O–H groups in total. The standard InChI is InChI=1S/C25H17ClF3N3O4S/c1-35-12-4-5-14(15(6-12)11-2-3-11)22-31-23-19(24(34)32(22)9-13-8-30-10-36-13)18-16(25(27,28)29)7-17(26)20(33)21(18)37-23/h4-8,10-11,33H,2-3,9H2,1H3. The van der Waals surface area contributed by atoms with Crippen molar-refractivity contribution in [3.63, 3.8) is 0 Å². The summed E-state index contributed by atoms with van der Waals surface area (Å²) in [6, 6.07) is 6.06. The number of oxazole rings is 1. The van der Waals surface area contributed by atoms with Gasteiger partial charge in [-0.2, -0.15) is 13.2 Å². The van der Waals surface area contributed by atoms with Crippen molar-refractivity contribution >= 4 is 43.2 Å². The Hall–Kier alpha value is -3.57. The molecule has 1 aliphatic rings. The Morgan fingerprint density at radius 2 is 2.05 bits per heavy atom. The first-order valence-electron chi connectivity index (χ1n) is 11.2. The minimum absolute atomic E-state index is 0.0597. The zero-order valence-electron chi connectivity index (χ0n) is 19.1. The van der Waals surface area contributed by atoms with Crippen molar-refractivity contribution < 1.29 is 27.4 Å². The maximum Gasteiger partial charge on any atom is 0.417 e. The van der Waals surface area contributed by atoms with Crippen LogP contribution in [0.25, 0.3) is 31.7 Å². The second-order valence-corrected chi connectivity index (χ2v) is 10.2. The second-order valence-electron chi connectivity index (χ2n) is 8.76. The number of fused-ring (bicyclic) bond motifs is 3. The van der Waals surface area contributed by atoms with Gasteiger partial charge in [-0.05, 0) is 48.6 Å². The Balaban J connectivity index is 1.73. The maximum atomic E-state index is 14.0. The molecular weight excluding hydrogens is 531 g/mol. The summed E-state index contributed by atoms with van der Waals surface area (Å²) in [7, 11) is 1.56. The molecule has 3 aromatic heterocycles. The highest BCUT2D eigenvalue weighted by molar-refractivity contribution is 7.25.